The fraction of sp³-hybridized carbons (Fsp3) is 0.452. The van der Waals surface area contributed by atoms with Crippen molar-refractivity contribution in [1.82, 2.24) is 0 Å². The standard InChI is InChI=1S/C31H34BrNO5/c1-3-37-26-17-21(14-23(32)30(26)35)28-27(31(36)38-22-12-8-5-9-13-22)18(2)33-24-15-20(16-25(34)29(24)28)19-10-6-4-7-11-19/h4,6-7,10-11,14,17,20,22,28-29,35H,3,5,8-9,12-13,15-16H2,1-2H3/t20-,28-,29?/m1/s1. The number of benzene rings is 2. The predicted molar refractivity (Wildman–Crippen MR) is 150 cm³/mol. The summed E-state index contributed by atoms with van der Waals surface area (Å²) < 4.78 is 12.2. The van der Waals surface area contributed by atoms with Crippen LogP contribution in [0.5, 0.6) is 11.5 Å². The molecule has 2 aromatic rings. The van der Waals surface area contributed by atoms with E-state index in [-0.39, 0.29) is 23.6 Å². The minimum Gasteiger partial charge on any atom is -0.503 e. The number of esters is 1. The number of hydrogen-bond acceptors (Lipinski definition) is 6. The zero-order valence-electron chi connectivity index (χ0n) is 21.9. The number of phenolic OH excluding ortho intramolecular Hbond substituents is 1. The van der Waals surface area contributed by atoms with E-state index in [0.29, 0.717) is 40.9 Å². The SMILES string of the molecule is CCOc1cc([C@@H]2C(C(=O)OC3CCCCC3)=C(C)N=C3C[C@@H](c4ccccc4)CC(=O)C32)cc(Br)c1O. The Kier molecular flexibility index (Phi) is 8.03. The number of hydrogen-bond donors (Lipinski definition) is 1. The highest BCUT2D eigenvalue weighted by molar-refractivity contribution is 9.10. The average molecular weight is 581 g/mol. The van der Waals surface area contributed by atoms with Crippen molar-refractivity contribution in [1.29, 1.82) is 0 Å². The second-order valence-corrected chi connectivity index (χ2v) is 11.3. The number of carbonyl (C=O) groups excluding carboxylic acids is 2. The maximum Gasteiger partial charge on any atom is 0.336 e. The monoisotopic (exact) mass is 579 g/mol. The molecular formula is C31H34BrNO5. The van der Waals surface area contributed by atoms with Crippen molar-refractivity contribution < 1.29 is 24.2 Å². The average Bonchev–Trinajstić information content (AvgIpc) is 2.91. The molecule has 6 nitrogen and oxygen atoms in total. The molecule has 1 unspecified atom stereocenters. The number of phenols is 1. The van der Waals surface area contributed by atoms with Gasteiger partial charge in [0, 0.05) is 23.7 Å². The van der Waals surface area contributed by atoms with Crippen molar-refractivity contribution in [2.24, 2.45) is 10.9 Å². The highest BCUT2D eigenvalue weighted by atomic mass is 79.9. The number of fused-ring (bicyclic) bond motifs is 1. The van der Waals surface area contributed by atoms with E-state index in [2.05, 4.69) is 28.1 Å². The summed E-state index contributed by atoms with van der Waals surface area (Å²) in [4.78, 5) is 32.5. The van der Waals surface area contributed by atoms with Crippen LogP contribution in [-0.2, 0) is 14.3 Å². The van der Waals surface area contributed by atoms with Crippen LogP contribution in [0.3, 0.4) is 0 Å². The normalized spacial score (nSPS) is 24.0. The number of nitrogens with zero attached hydrogens (tertiary/aromatic N) is 1. The second-order valence-electron chi connectivity index (χ2n) is 10.5. The van der Waals surface area contributed by atoms with Crippen LogP contribution in [0, 0.1) is 5.92 Å². The lowest BCUT2D eigenvalue weighted by Gasteiger charge is -2.38. The molecule has 5 rings (SSSR count). The summed E-state index contributed by atoms with van der Waals surface area (Å²) in [5.74, 6) is -1.13. The summed E-state index contributed by atoms with van der Waals surface area (Å²) in [6.45, 7) is 4.05. The van der Waals surface area contributed by atoms with Gasteiger partial charge in [0.05, 0.1) is 22.6 Å². The van der Waals surface area contributed by atoms with Gasteiger partial charge in [0.2, 0.25) is 0 Å². The van der Waals surface area contributed by atoms with Gasteiger partial charge in [-0.05, 0) is 91.1 Å². The molecule has 0 radical (unpaired) electrons. The van der Waals surface area contributed by atoms with Crippen molar-refractivity contribution >= 4 is 33.4 Å². The maximum atomic E-state index is 13.9. The Labute approximate surface area is 232 Å². The molecule has 1 aliphatic heterocycles. The molecular weight excluding hydrogens is 546 g/mol. The molecule has 0 amide bonds. The summed E-state index contributed by atoms with van der Waals surface area (Å²) in [6, 6.07) is 13.6. The Morgan fingerprint density at radius 2 is 1.79 bits per heavy atom. The van der Waals surface area contributed by atoms with Crippen molar-refractivity contribution in [3.63, 3.8) is 0 Å². The summed E-state index contributed by atoms with van der Waals surface area (Å²) in [5, 5.41) is 10.6. The van der Waals surface area contributed by atoms with Crippen LogP contribution in [0.2, 0.25) is 0 Å². The molecule has 2 aromatic carbocycles. The van der Waals surface area contributed by atoms with Crippen LogP contribution in [0.1, 0.15) is 81.8 Å². The molecule has 2 aliphatic carbocycles. The number of halogens is 1. The number of carbonyl (C=O) groups is 2. The number of aliphatic imine (C=N–C) groups is 1. The van der Waals surface area contributed by atoms with Gasteiger partial charge in [-0.2, -0.15) is 0 Å². The van der Waals surface area contributed by atoms with E-state index in [1.807, 2.05) is 32.0 Å². The van der Waals surface area contributed by atoms with Crippen molar-refractivity contribution in [2.75, 3.05) is 6.61 Å². The third-order valence-corrected chi connectivity index (χ3v) is 8.59. The lowest BCUT2D eigenvalue weighted by molar-refractivity contribution is -0.146. The Morgan fingerprint density at radius 1 is 1.05 bits per heavy atom. The molecule has 0 aromatic heterocycles. The van der Waals surface area contributed by atoms with Crippen LogP contribution < -0.4 is 4.74 Å². The minimum absolute atomic E-state index is 0.00792. The molecule has 0 saturated heterocycles. The molecule has 3 atom stereocenters. The Morgan fingerprint density at radius 3 is 2.50 bits per heavy atom. The zero-order chi connectivity index (χ0) is 26.8. The van der Waals surface area contributed by atoms with Crippen LogP contribution in [0.4, 0.5) is 0 Å². The molecule has 0 bridgehead atoms. The number of allylic oxidation sites excluding steroid dienone is 1. The second kappa shape index (κ2) is 11.4. The van der Waals surface area contributed by atoms with Gasteiger partial charge in [-0.25, -0.2) is 4.79 Å². The highest BCUT2D eigenvalue weighted by Crippen LogP contribution is 2.48. The topological polar surface area (TPSA) is 85.2 Å². The van der Waals surface area contributed by atoms with Crippen LogP contribution in [0.25, 0.3) is 0 Å². The first-order valence-corrected chi connectivity index (χ1v) is 14.4. The number of ether oxygens (including phenoxy) is 2. The fourth-order valence-electron chi connectivity index (χ4n) is 6.20. The molecule has 1 N–H and O–H groups in total. The van der Waals surface area contributed by atoms with Gasteiger partial charge < -0.3 is 14.6 Å². The zero-order valence-corrected chi connectivity index (χ0v) is 23.5. The van der Waals surface area contributed by atoms with Gasteiger partial charge in [0.15, 0.2) is 11.5 Å². The first-order valence-electron chi connectivity index (χ1n) is 13.6. The van der Waals surface area contributed by atoms with Crippen LogP contribution in [0.15, 0.2) is 63.2 Å². The summed E-state index contributed by atoms with van der Waals surface area (Å²) >= 11 is 3.45. The first kappa shape index (κ1) is 26.7. The number of ketones is 1. The molecule has 3 aliphatic rings. The van der Waals surface area contributed by atoms with Gasteiger partial charge in [0.1, 0.15) is 11.9 Å². The Bertz CT molecular complexity index is 1280. The van der Waals surface area contributed by atoms with Crippen LogP contribution in [-0.4, -0.2) is 35.3 Å². The van der Waals surface area contributed by atoms with Gasteiger partial charge in [-0.15, -0.1) is 0 Å². The van der Waals surface area contributed by atoms with Gasteiger partial charge in [0.25, 0.3) is 0 Å². The van der Waals surface area contributed by atoms with E-state index in [4.69, 9.17) is 14.5 Å². The number of Topliss-reactive ketones (excluding diaryl/α,β-unsaturated/α-hetero) is 1. The van der Waals surface area contributed by atoms with E-state index < -0.39 is 17.8 Å². The van der Waals surface area contributed by atoms with Crippen molar-refractivity contribution in [3.05, 3.63) is 69.3 Å². The van der Waals surface area contributed by atoms with Crippen LogP contribution >= 0.6 is 15.9 Å². The predicted octanol–water partition coefficient (Wildman–Crippen LogP) is 7.00. The fourth-order valence-corrected chi connectivity index (χ4v) is 6.66. The molecule has 1 heterocycles. The molecule has 2 fully saturated rings. The lowest BCUT2D eigenvalue weighted by Crippen LogP contribution is -2.41. The Balaban J connectivity index is 1.58. The van der Waals surface area contributed by atoms with E-state index >= 15 is 0 Å². The minimum atomic E-state index is -0.571. The van der Waals surface area contributed by atoms with E-state index in [1.54, 1.807) is 12.1 Å². The van der Waals surface area contributed by atoms with E-state index in [0.717, 1.165) is 48.9 Å². The third kappa shape index (κ3) is 5.31. The van der Waals surface area contributed by atoms with Gasteiger partial charge in [-0.3, -0.25) is 9.79 Å². The Hall–Kier alpha value is -2.93. The quantitative estimate of drug-likeness (QED) is 0.372. The third-order valence-electron chi connectivity index (χ3n) is 7.98. The van der Waals surface area contributed by atoms with E-state index in [1.165, 1.54) is 0 Å². The molecule has 7 heteroatoms. The molecule has 200 valence electrons. The molecule has 38 heavy (non-hydrogen) atoms. The first-order chi connectivity index (χ1) is 18.4. The summed E-state index contributed by atoms with van der Waals surface area (Å²) in [5.41, 5.74) is 3.65. The number of rotatable bonds is 6. The van der Waals surface area contributed by atoms with Gasteiger partial charge in [-0.1, -0.05) is 36.8 Å². The smallest absolute Gasteiger partial charge is 0.336 e. The van der Waals surface area contributed by atoms with Crippen molar-refractivity contribution in [2.45, 2.75) is 76.7 Å². The summed E-state index contributed by atoms with van der Waals surface area (Å²) in [6.07, 6.45) is 5.89. The van der Waals surface area contributed by atoms with Gasteiger partial charge >= 0.3 is 5.97 Å². The van der Waals surface area contributed by atoms with Crippen molar-refractivity contribution in [3.8, 4) is 11.5 Å². The molecule has 2 saturated carbocycles. The number of aromatic hydroxyl groups is 1. The maximum absolute atomic E-state index is 13.9. The molecule has 0 spiro atoms. The summed E-state index contributed by atoms with van der Waals surface area (Å²) in [7, 11) is 0. The lowest BCUT2D eigenvalue weighted by atomic mass is 9.66. The highest BCUT2D eigenvalue weighted by Gasteiger charge is 2.46. The van der Waals surface area contributed by atoms with E-state index in [9.17, 15) is 14.7 Å². The largest absolute Gasteiger partial charge is 0.503 e.